The molecule has 1 atom stereocenters. The molecule has 0 bridgehead atoms. The highest BCUT2D eigenvalue weighted by molar-refractivity contribution is 6.31. The lowest BCUT2D eigenvalue weighted by molar-refractivity contribution is -0.143. The molecule has 0 radical (unpaired) electrons. The van der Waals surface area contributed by atoms with E-state index in [9.17, 15) is 24.6 Å². The molecule has 1 aliphatic heterocycles. The first-order valence-electron chi connectivity index (χ1n) is 10.4. The van der Waals surface area contributed by atoms with Gasteiger partial charge in [-0.3, -0.25) is 0 Å². The van der Waals surface area contributed by atoms with Gasteiger partial charge in [0.25, 0.3) is 0 Å². The molecule has 2 N–H and O–H groups in total. The van der Waals surface area contributed by atoms with Gasteiger partial charge in [-0.25, -0.2) is 14.4 Å². The second-order valence-corrected chi connectivity index (χ2v) is 8.84. The van der Waals surface area contributed by atoms with Crippen LogP contribution in [0.3, 0.4) is 0 Å². The summed E-state index contributed by atoms with van der Waals surface area (Å²) < 4.78 is 5.44. The predicted molar refractivity (Wildman–Crippen MR) is 127 cm³/mol. The van der Waals surface area contributed by atoms with Crippen LogP contribution in [0.15, 0.2) is 71.1 Å². The number of carbonyl (C=O) groups excluding carboxylic acids is 1. The number of halogens is 2. The number of rotatable bonds is 7. The molecular formula is C25H23Cl2NO6. The van der Waals surface area contributed by atoms with E-state index >= 15 is 0 Å². The number of esters is 1. The van der Waals surface area contributed by atoms with Gasteiger partial charge < -0.3 is 19.8 Å². The van der Waals surface area contributed by atoms with E-state index < -0.39 is 41.2 Å². The molecule has 1 heterocycles. The van der Waals surface area contributed by atoms with Crippen LogP contribution in [0.25, 0.3) is 0 Å². The van der Waals surface area contributed by atoms with Gasteiger partial charge in [0.15, 0.2) is 0 Å². The second-order valence-electron chi connectivity index (χ2n) is 7.99. The van der Waals surface area contributed by atoms with Crippen molar-refractivity contribution in [2.24, 2.45) is 0 Å². The van der Waals surface area contributed by atoms with Crippen LogP contribution < -0.4 is 0 Å². The van der Waals surface area contributed by atoms with Gasteiger partial charge in [-0.1, -0.05) is 53.5 Å². The Morgan fingerprint density at radius 2 is 1.59 bits per heavy atom. The predicted octanol–water partition coefficient (Wildman–Crippen LogP) is 5.24. The molecule has 178 valence electrons. The lowest BCUT2D eigenvalue weighted by Gasteiger charge is -2.37. The Kier molecular flexibility index (Phi) is 7.69. The molecule has 1 aliphatic rings. The van der Waals surface area contributed by atoms with Crippen LogP contribution in [0.5, 0.6) is 0 Å². The van der Waals surface area contributed by atoms with Crippen LogP contribution in [0.4, 0.5) is 0 Å². The summed E-state index contributed by atoms with van der Waals surface area (Å²) in [6, 6.07) is 13.1. The molecule has 0 amide bonds. The third-order valence-electron chi connectivity index (χ3n) is 5.36. The van der Waals surface area contributed by atoms with Crippen LogP contribution in [0.1, 0.15) is 37.8 Å². The number of carboxylic acids is 2. The van der Waals surface area contributed by atoms with Crippen LogP contribution in [0, 0.1) is 0 Å². The molecule has 0 saturated heterocycles. The summed E-state index contributed by atoms with van der Waals surface area (Å²) in [5.41, 5.74) is 0.300. The molecule has 3 rings (SSSR count). The fourth-order valence-corrected chi connectivity index (χ4v) is 4.31. The molecule has 7 nitrogen and oxygen atoms in total. The summed E-state index contributed by atoms with van der Waals surface area (Å²) >= 11 is 12.4. The molecule has 0 aliphatic carbocycles. The Morgan fingerprint density at radius 3 is 2.12 bits per heavy atom. The number of ether oxygens (including phenoxy) is 1. The Labute approximate surface area is 206 Å². The van der Waals surface area contributed by atoms with E-state index in [1.54, 1.807) is 69.3 Å². The molecule has 34 heavy (non-hydrogen) atoms. The summed E-state index contributed by atoms with van der Waals surface area (Å²) in [6.07, 6.45) is -0.484. The molecule has 0 aromatic heterocycles. The van der Waals surface area contributed by atoms with Crippen molar-refractivity contribution in [2.75, 3.05) is 0 Å². The fraction of sp³-hybridized carbons (Fsp3) is 0.240. The van der Waals surface area contributed by atoms with Gasteiger partial charge in [0.05, 0.1) is 23.2 Å². The van der Waals surface area contributed by atoms with Gasteiger partial charge in [-0.05, 0) is 50.1 Å². The molecule has 0 fully saturated rings. The third kappa shape index (κ3) is 5.11. The monoisotopic (exact) mass is 503 g/mol. The van der Waals surface area contributed by atoms with Crippen molar-refractivity contribution in [3.63, 3.8) is 0 Å². The van der Waals surface area contributed by atoms with Crippen LogP contribution >= 0.6 is 23.2 Å². The van der Waals surface area contributed by atoms with E-state index in [-0.39, 0.29) is 22.8 Å². The van der Waals surface area contributed by atoms with Crippen LogP contribution in [0.2, 0.25) is 10.0 Å². The maximum Gasteiger partial charge on any atom is 0.353 e. The zero-order valence-electron chi connectivity index (χ0n) is 18.7. The number of carboxylic acid groups (broad SMARTS) is 2. The van der Waals surface area contributed by atoms with Crippen LogP contribution in [-0.4, -0.2) is 39.1 Å². The first-order chi connectivity index (χ1) is 16.0. The van der Waals surface area contributed by atoms with E-state index in [1.807, 2.05) is 0 Å². The minimum Gasteiger partial charge on any atom is -0.478 e. The minimum absolute atomic E-state index is 0.00485. The minimum atomic E-state index is -1.48. The van der Waals surface area contributed by atoms with E-state index in [0.29, 0.717) is 16.1 Å². The molecular weight excluding hydrogens is 481 g/mol. The SMILES string of the molecule is CC1=C(C(=O)OC(C)C)C(c2ccccc2Cl)C(C(=O)O)=C(C(=O)O)N1Cc1ccc(Cl)cc1. The van der Waals surface area contributed by atoms with Crippen LogP contribution in [-0.2, 0) is 25.7 Å². The first kappa shape index (κ1) is 25.3. The van der Waals surface area contributed by atoms with Gasteiger partial charge in [0.2, 0.25) is 0 Å². The van der Waals surface area contributed by atoms with Crippen molar-refractivity contribution in [3.05, 3.63) is 92.2 Å². The summed E-state index contributed by atoms with van der Waals surface area (Å²) in [7, 11) is 0. The molecule has 2 aromatic rings. The van der Waals surface area contributed by atoms with Gasteiger partial charge in [-0.2, -0.15) is 0 Å². The van der Waals surface area contributed by atoms with E-state index in [1.165, 1.54) is 4.90 Å². The Morgan fingerprint density at radius 1 is 0.971 bits per heavy atom. The topological polar surface area (TPSA) is 104 Å². The standard InChI is InChI=1S/C25H23Cl2NO6/c1-13(2)34-25(33)19-14(3)28(12-15-8-10-16(26)11-9-15)22(24(31)32)21(23(29)30)20(19)17-6-4-5-7-18(17)27/h4-11,13,20H,12H2,1-3H3,(H,29,30)(H,31,32). The highest BCUT2D eigenvalue weighted by Gasteiger charge is 2.44. The molecule has 0 spiro atoms. The largest absolute Gasteiger partial charge is 0.478 e. The summed E-state index contributed by atoms with van der Waals surface area (Å²) in [5, 5.41) is 21.0. The second kappa shape index (κ2) is 10.3. The van der Waals surface area contributed by atoms with Gasteiger partial charge >= 0.3 is 17.9 Å². The Hall–Kier alpha value is -3.29. The lowest BCUT2D eigenvalue weighted by atomic mass is 9.79. The molecule has 9 heteroatoms. The average Bonchev–Trinajstić information content (AvgIpc) is 2.75. The summed E-state index contributed by atoms with van der Waals surface area (Å²) in [4.78, 5) is 39.5. The van der Waals surface area contributed by atoms with Gasteiger partial charge in [-0.15, -0.1) is 0 Å². The Bertz CT molecular complexity index is 1200. The van der Waals surface area contributed by atoms with E-state index in [4.69, 9.17) is 27.9 Å². The van der Waals surface area contributed by atoms with Crippen molar-refractivity contribution >= 4 is 41.1 Å². The van der Waals surface area contributed by atoms with Crippen molar-refractivity contribution in [1.29, 1.82) is 0 Å². The lowest BCUT2D eigenvalue weighted by Crippen LogP contribution is -2.38. The van der Waals surface area contributed by atoms with Crippen molar-refractivity contribution in [2.45, 2.75) is 39.3 Å². The summed E-state index contributed by atoms with van der Waals surface area (Å²) in [6.45, 7) is 4.90. The normalized spacial score (nSPS) is 16.2. The van der Waals surface area contributed by atoms with E-state index in [2.05, 4.69) is 0 Å². The average molecular weight is 504 g/mol. The van der Waals surface area contributed by atoms with Gasteiger partial charge in [0.1, 0.15) is 5.70 Å². The highest BCUT2D eigenvalue weighted by Crippen LogP contribution is 2.45. The molecule has 1 unspecified atom stereocenters. The van der Waals surface area contributed by atoms with Gasteiger partial charge in [0, 0.05) is 22.3 Å². The van der Waals surface area contributed by atoms with Crippen molar-refractivity contribution < 1.29 is 29.3 Å². The smallest absolute Gasteiger partial charge is 0.353 e. The number of allylic oxidation sites excluding steroid dienone is 1. The van der Waals surface area contributed by atoms with Crippen molar-refractivity contribution in [3.8, 4) is 0 Å². The number of carbonyl (C=O) groups is 3. The van der Waals surface area contributed by atoms with Crippen molar-refractivity contribution in [1.82, 2.24) is 4.90 Å². The number of hydrogen-bond acceptors (Lipinski definition) is 5. The molecule has 2 aromatic carbocycles. The number of aliphatic carboxylic acids is 2. The quantitative estimate of drug-likeness (QED) is 0.497. The summed E-state index contributed by atoms with van der Waals surface area (Å²) in [5.74, 6) is -4.92. The Balaban J connectivity index is 2.33. The van der Waals surface area contributed by atoms with E-state index in [0.717, 1.165) is 0 Å². The number of nitrogens with zero attached hydrogens (tertiary/aromatic N) is 1. The first-order valence-corrected chi connectivity index (χ1v) is 11.2. The highest BCUT2D eigenvalue weighted by atomic mass is 35.5. The fourth-order valence-electron chi connectivity index (χ4n) is 3.94. The number of benzene rings is 2. The number of hydrogen-bond donors (Lipinski definition) is 2. The third-order valence-corrected chi connectivity index (χ3v) is 5.96. The zero-order chi connectivity index (χ0) is 25.2. The molecule has 0 saturated carbocycles. The zero-order valence-corrected chi connectivity index (χ0v) is 20.2. The maximum absolute atomic E-state index is 13.3. The maximum atomic E-state index is 13.3.